The Labute approximate surface area is 147 Å². The molecule has 1 N–H and O–H groups in total. The lowest BCUT2D eigenvalue weighted by atomic mass is 10.1. The van der Waals surface area contributed by atoms with Gasteiger partial charge in [-0.05, 0) is 43.9 Å². The number of hydrogen-bond donors (Lipinski definition) is 1. The summed E-state index contributed by atoms with van der Waals surface area (Å²) in [5.41, 5.74) is 2.98. The van der Waals surface area contributed by atoms with Gasteiger partial charge in [-0.3, -0.25) is 5.10 Å². The first-order chi connectivity index (χ1) is 12.2. The Balaban J connectivity index is 1.76. The van der Waals surface area contributed by atoms with E-state index in [4.69, 9.17) is 9.47 Å². The molecule has 0 aliphatic carbocycles. The van der Waals surface area contributed by atoms with E-state index >= 15 is 0 Å². The normalized spacial score (nSPS) is 11.5. The van der Waals surface area contributed by atoms with E-state index in [0.29, 0.717) is 6.61 Å². The Kier molecular flexibility index (Phi) is 5.36. The van der Waals surface area contributed by atoms with E-state index in [1.165, 1.54) is 0 Å². The first-order valence-electron chi connectivity index (χ1n) is 8.24. The number of ether oxygens (including phenoxy) is 2. The summed E-state index contributed by atoms with van der Waals surface area (Å²) >= 11 is 0. The standard InChI is InChI=1S/C20H23N3O2/c1-23(2)12-13-25-19-11-9-15(14-20(19)24-3)8-10-18-16-6-4-5-7-17(16)21-22-18/h4-11,14H,12-13H2,1-3H3,(H,21,22)/b10-8+. The second kappa shape index (κ2) is 7.85. The number of H-pyrrole nitrogens is 1. The lowest BCUT2D eigenvalue weighted by Crippen LogP contribution is -2.19. The molecule has 0 aliphatic heterocycles. The monoisotopic (exact) mass is 337 g/mol. The second-order valence-electron chi connectivity index (χ2n) is 6.05. The zero-order valence-corrected chi connectivity index (χ0v) is 14.8. The highest BCUT2D eigenvalue weighted by Crippen LogP contribution is 2.29. The summed E-state index contributed by atoms with van der Waals surface area (Å²) in [4.78, 5) is 2.08. The third kappa shape index (κ3) is 4.19. The van der Waals surface area contributed by atoms with Crippen molar-refractivity contribution in [3.05, 3.63) is 53.7 Å². The number of rotatable bonds is 7. The molecule has 3 aromatic rings. The number of para-hydroxylation sites is 1. The fraction of sp³-hybridized carbons (Fsp3) is 0.250. The largest absolute Gasteiger partial charge is 0.493 e. The van der Waals surface area contributed by atoms with Crippen molar-refractivity contribution in [2.45, 2.75) is 0 Å². The maximum absolute atomic E-state index is 5.79. The van der Waals surface area contributed by atoms with Crippen LogP contribution >= 0.6 is 0 Å². The maximum Gasteiger partial charge on any atom is 0.161 e. The quantitative estimate of drug-likeness (QED) is 0.714. The predicted octanol–water partition coefficient (Wildman–Crippen LogP) is 3.68. The van der Waals surface area contributed by atoms with E-state index in [1.54, 1.807) is 7.11 Å². The molecule has 1 heterocycles. The number of nitrogens with zero attached hydrogens (tertiary/aromatic N) is 2. The van der Waals surface area contributed by atoms with Crippen LogP contribution in [-0.2, 0) is 0 Å². The molecule has 2 aromatic carbocycles. The van der Waals surface area contributed by atoms with Gasteiger partial charge in [0.05, 0.1) is 18.3 Å². The van der Waals surface area contributed by atoms with Crippen LogP contribution in [0, 0.1) is 0 Å². The zero-order valence-electron chi connectivity index (χ0n) is 14.8. The van der Waals surface area contributed by atoms with Crippen molar-refractivity contribution in [1.82, 2.24) is 15.1 Å². The van der Waals surface area contributed by atoms with Crippen molar-refractivity contribution in [2.75, 3.05) is 34.4 Å². The van der Waals surface area contributed by atoms with E-state index in [0.717, 1.165) is 40.2 Å². The maximum atomic E-state index is 5.79. The number of nitrogens with one attached hydrogen (secondary N) is 1. The Morgan fingerprint density at radius 3 is 2.72 bits per heavy atom. The summed E-state index contributed by atoms with van der Waals surface area (Å²) in [5, 5.41) is 8.50. The van der Waals surface area contributed by atoms with Crippen molar-refractivity contribution in [1.29, 1.82) is 0 Å². The molecule has 0 aliphatic rings. The van der Waals surface area contributed by atoms with Gasteiger partial charge < -0.3 is 14.4 Å². The van der Waals surface area contributed by atoms with Crippen LogP contribution in [0.3, 0.4) is 0 Å². The third-order valence-electron chi connectivity index (χ3n) is 3.92. The minimum absolute atomic E-state index is 0.623. The summed E-state index contributed by atoms with van der Waals surface area (Å²) in [6.07, 6.45) is 4.02. The fourth-order valence-corrected chi connectivity index (χ4v) is 2.53. The van der Waals surface area contributed by atoms with Gasteiger partial charge in [0.1, 0.15) is 6.61 Å². The lowest BCUT2D eigenvalue weighted by molar-refractivity contribution is 0.250. The predicted molar refractivity (Wildman–Crippen MR) is 102 cm³/mol. The Hall–Kier alpha value is -2.79. The molecular weight excluding hydrogens is 314 g/mol. The van der Waals surface area contributed by atoms with Crippen molar-refractivity contribution < 1.29 is 9.47 Å². The molecule has 0 fully saturated rings. The number of aromatic nitrogens is 2. The topological polar surface area (TPSA) is 50.4 Å². The average Bonchev–Trinajstić information content (AvgIpc) is 3.03. The number of benzene rings is 2. The molecule has 0 bridgehead atoms. The van der Waals surface area contributed by atoms with Crippen LogP contribution in [0.4, 0.5) is 0 Å². The third-order valence-corrected chi connectivity index (χ3v) is 3.92. The van der Waals surface area contributed by atoms with Gasteiger partial charge in [0.25, 0.3) is 0 Å². The van der Waals surface area contributed by atoms with Crippen molar-refractivity contribution >= 4 is 23.1 Å². The molecule has 130 valence electrons. The van der Waals surface area contributed by atoms with Crippen LogP contribution in [0.25, 0.3) is 23.1 Å². The molecule has 1 aromatic heterocycles. The van der Waals surface area contributed by atoms with Gasteiger partial charge in [-0.1, -0.05) is 30.3 Å². The van der Waals surface area contributed by atoms with E-state index in [1.807, 2.05) is 62.6 Å². The number of likely N-dealkylation sites (N-methyl/N-ethyl adjacent to an activating group) is 1. The van der Waals surface area contributed by atoms with E-state index in [-0.39, 0.29) is 0 Å². The Bertz CT molecular complexity index is 868. The summed E-state index contributed by atoms with van der Waals surface area (Å²) in [5.74, 6) is 1.49. The Morgan fingerprint density at radius 1 is 1.08 bits per heavy atom. The number of aromatic amines is 1. The highest BCUT2D eigenvalue weighted by Gasteiger charge is 2.06. The fourth-order valence-electron chi connectivity index (χ4n) is 2.53. The summed E-state index contributed by atoms with van der Waals surface area (Å²) in [7, 11) is 5.70. The number of fused-ring (bicyclic) bond motifs is 1. The molecule has 0 spiro atoms. The van der Waals surface area contributed by atoms with Crippen LogP contribution in [0.15, 0.2) is 42.5 Å². The van der Waals surface area contributed by atoms with E-state index in [2.05, 4.69) is 21.2 Å². The minimum atomic E-state index is 0.623. The molecule has 0 unspecified atom stereocenters. The number of methoxy groups -OCH3 is 1. The zero-order chi connectivity index (χ0) is 17.6. The lowest BCUT2D eigenvalue weighted by Gasteiger charge is -2.13. The second-order valence-corrected chi connectivity index (χ2v) is 6.05. The van der Waals surface area contributed by atoms with Crippen LogP contribution < -0.4 is 9.47 Å². The highest BCUT2D eigenvalue weighted by molar-refractivity contribution is 5.89. The molecule has 0 saturated carbocycles. The first kappa shape index (κ1) is 17.0. The summed E-state index contributed by atoms with van der Waals surface area (Å²) in [6.45, 7) is 1.48. The van der Waals surface area contributed by atoms with Gasteiger partial charge in [0.15, 0.2) is 11.5 Å². The molecule has 0 amide bonds. The van der Waals surface area contributed by atoms with Gasteiger partial charge in [-0.15, -0.1) is 0 Å². The summed E-state index contributed by atoms with van der Waals surface area (Å²) in [6, 6.07) is 14.0. The van der Waals surface area contributed by atoms with Crippen LogP contribution in [0.2, 0.25) is 0 Å². The average molecular weight is 337 g/mol. The van der Waals surface area contributed by atoms with Gasteiger partial charge in [0.2, 0.25) is 0 Å². The van der Waals surface area contributed by atoms with Gasteiger partial charge >= 0.3 is 0 Å². The molecule has 0 atom stereocenters. The molecule has 5 heteroatoms. The molecule has 5 nitrogen and oxygen atoms in total. The smallest absolute Gasteiger partial charge is 0.161 e. The van der Waals surface area contributed by atoms with E-state index < -0.39 is 0 Å². The van der Waals surface area contributed by atoms with Crippen molar-refractivity contribution in [2.24, 2.45) is 0 Å². The highest BCUT2D eigenvalue weighted by atomic mass is 16.5. The molecule has 3 rings (SSSR count). The first-order valence-corrected chi connectivity index (χ1v) is 8.24. The molecule has 0 saturated heterocycles. The van der Waals surface area contributed by atoms with Crippen molar-refractivity contribution in [3.8, 4) is 11.5 Å². The number of hydrogen-bond acceptors (Lipinski definition) is 4. The molecule has 25 heavy (non-hydrogen) atoms. The Morgan fingerprint density at radius 2 is 1.92 bits per heavy atom. The van der Waals surface area contributed by atoms with E-state index in [9.17, 15) is 0 Å². The molecular formula is C20H23N3O2. The minimum Gasteiger partial charge on any atom is -0.493 e. The summed E-state index contributed by atoms with van der Waals surface area (Å²) < 4.78 is 11.3. The van der Waals surface area contributed by atoms with Crippen LogP contribution in [0.5, 0.6) is 11.5 Å². The molecule has 0 radical (unpaired) electrons. The van der Waals surface area contributed by atoms with Gasteiger partial charge in [0, 0.05) is 11.9 Å². The van der Waals surface area contributed by atoms with Gasteiger partial charge in [-0.25, -0.2) is 0 Å². The SMILES string of the molecule is COc1cc(/C=C/c2n[nH]c3ccccc23)ccc1OCCN(C)C. The van der Waals surface area contributed by atoms with Crippen molar-refractivity contribution in [3.63, 3.8) is 0 Å². The van der Waals surface area contributed by atoms with Gasteiger partial charge in [-0.2, -0.15) is 5.10 Å². The van der Waals surface area contributed by atoms with Crippen LogP contribution in [-0.4, -0.2) is 49.5 Å². The van der Waals surface area contributed by atoms with Crippen LogP contribution in [0.1, 0.15) is 11.3 Å².